The van der Waals surface area contributed by atoms with Gasteiger partial charge in [0.2, 0.25) is 11.8 Å². The largest absolute Gasteiger partial charge is 0.481 e. The van der Waals surface area contributed by atoms with Crippen molar-refractivity contribution in [3.63, 3.8) is 0 Å². The normalized spacial score (nSPS) is 14.0. The number of unbranched alkanes of at least 4 members (excludes halogenated alkanes) is 1. The second-order valence-corrected chi connectivity index (χ2v) is 7.05. The smallest absolute Gasteiger partial charge is 0.326 e. The Hall–Kier alpha value is -1.85. The summed E-state index contributed by atoms with van der Waals surface area (Å²) in [6.45, 7) is 0.477. The predicted molar refractivity (Wildman–Crippen MR) is 102 cm³/mol. The Morgan fingerprint density at radius 1 is 0.963 bits per heavy atom. The van der Waals surface area contributed by atoms with Crippen molar-refractivity contribution in [1.82, 2.24) is 10.6 Å². The molecule has 0 aliphatic heterocycles. The Bertz CT molecular complexity index is 505. The van der Waals surface area contributed by atoms with E-state index in [-0.39, 0.29) is 19.3 Å². The highest BCUT2D eigenvalue weighted by molar-refractivity contribution is 7.98. The number of amides is 2. The van der Waals surface area contributed by atoms with Crippen molar-refractivity contribution in [1.29, 1.82) is 0 Å². The Balaban J connectivity index is 4.94. The van der Waals surface area contributed by atoms with Crippen LogP contribution in [-0.2, 0) is 19.2 Å². The summed E-state index contributed by atoms with van der Waals surface area (Å²) < 4.78 is 0. The Kier molecular flexibility index (Phi) is 13.3. The first-order valence-electron chi connectivity index (χ1n) is 8.72. The van der Waals surface area contributed by atoms with E-state index in [1.165, 1.54) is 11.8 Å². The van der Waals surface area contributed by atoms with Crippen LogP contribution in [0.25, 0.3) is 0 Å². The van der Waals surface area contributed by atoms with E-state index < -0.39 is 41.9 Å². The van der Waals surface area contributed by atoms with Gasteiger partial charge >= 0.3 is 11.9 Å². The topological polar surface area (TPSA) is 185 Å². The summed E-state index contributed by atoms with van der Waals surface area (Å²) in [6, 6.07) is -3.15. The zero-order valence-electron chi connectivity index (χ0n) is 15.5. The fraction of sp³-hybridized carbons (Fsp3) is 0.750. The van der Waals surface area contributed by atoms with Crippen LogP contribution in [0.3, 0.4) is 0 Å². The van der Waals surface area contributed by atoms with Gasteiger partial charge in [0.05, 0.1) is 6.04 Å². The third-order valence-electron chi connectivity index (χ3n) is 3.81. The Morgan fingerprint density at radius 2 is 1.59 bits per heavy atom. The summed E-state index contributed by atoms with van der Waals surface area (Å²) >= 11 is 1.43. The molecule has 0 rings (SSSR count). The molecule has 0 spiro atoms. The second-order valence-electron chi connectivity index (χ2n) is 6.07. The van der Waals surface area contributed by atoms with E-state index in [1.54, 1.807) is 0 Å². The number of nitrogens with one attached hydrogen (secondary N) is 2. The van der Waals surface area contributed by atoms with Crippen molar-refractivity contribution >= 4 is 35.5 Å². The van der Waals surface area contributed by atoms with Crippen molar-refractivity contribution in [3.05, 3.63) is 0 Å². The molecule has 27 heavy (non-hydrogen) atoms. The monoisotopic (exact) mass is 406 g/mol. The standard InChI is InChI=1S/C16H30N4O6S/c1-27-9-7-12(16(25)26)20-15(24)11(5-6-13(21)22)19-14(23)10(18)4-2-3-8-17/h10-12H,2-9,17-18H2,1H3,(H,19,23)(H,20,24)(H,21,22)(H,25,26). The van der Waals surface area contributed by atoms with E-state index >= 15 is 0 Å². The number of aliphatic carboxylic acids is 2. The van der Waals surface area contributed by atoms with Gasteiger partial charge in [-0.15, -0.1) is 0 Å². The second kappa shape index (κ2) is 14.2. The highest BCUT2D eigenvalue weighted by Gasteiger charge is 2.28. The van der Waals surface area contributed by atoms with Crippen LogP contribution in [0, 0.1) is 0 Å². The fourth-order valence-corrected chi connectivity index (χ4v) is 2.69. The van der Waals surface area contributed by atoms with Crippen molar-refractivity contribution in [3.8, 4) is 0 Å². The molecule has 0 aliphatic carbocycles. The minimum atomic E-state index is -1.20. The van der Waals surface area contributed by atoms with Crippen LogP contribution in [0.15, 0.2) is 0 Å². The molecule has 0 aromatic heterocycles. The molecule has 11 heteroatoms. The number of rotatable bonds is 15. The van der Waals surface area contributed by atoms with E-state index in [9.17, 15) is 24.3 Å². The molecule has 8 N–H and O–H groups in total. The molecule has 0 heterocycles. The van der Waals surface area contributed by atoms with E-state index in [0.717, 1.165) is 0 Å². The quantitative estimate of drug-likeness (QED) is 0.188. The van der Waals surface area contributed by atoms with Gasteiger partial charge in [0.15, 0.2) is 0 Å². The van der Waals surface area contributed by atoms with Gasteiger partial charge in [-0.3, -0.25) is 14.4 Å². The molecule has 10 nitrogen and oxygen atoms in total. The number of thioether (sulfide) groups is 1. The van der Waals surface area contributed by atoms with Gasteiger partial charge < -0.3 is 32.3 Å². The maximum absolute atomic E-state index is 12.4. The molecule has 0 bridgehead atoms. The molecule has 3 unspecified atom stereocenters. The van der Waals surface area contributed by atoms with Crippen LogP contribution in [0.1, 0.15) is 38.5 Å². The van der Waals surface area contributed by atoms with Gasteiger partial charge in [-0.05, 0) is 44.2 Å². The summed E-state index contributed by atoms with van der Waals surface area (Å²) in [5.74, 6) is -3.14. The number of carboxylic acid groups (broad SMARTS) is 2. The minimum absolute atomic E-state index is 0.169. The number of carboxylic acids is 2. The summed E-state index contributed by atoms with van der Waals surface area (Å²) in [5.41, 5.74) is 11.2. The summed E-state index contributed by atoms with van der Waals surface area (Å²) in [4.78, 5) is 46.7. The van der Waals surface area contributed by atoms with E-state index in [2.05, 4.69) is 10.6 Å². The fourth-order valence-electron chi connectivity index (χ4n) is 2.22. The zero-order chi connectivity index (χ0) is 20.8. The maximum Gasteiger partial charge on any atom is 0.326 e. The van der Waals surface area contributed by atoms with Gasteiger partial charge in [-0.1, -0.05) is 6.42 Å². The van der Waals surface area contributed by atoms with Crippen molar-refractivity contribution in [2.45, 2.75) is 56.7 Å². The number of carbonyl (C=O) groups excluding carboxylic acids is 2. The van der Waals surface area contributed by atoms with Crippen LogP contribution in [0.5, 0.6) is 0 Å². The van der Waals surface area contributed by atoms with Crippen LogP contribution in [0.4, 0.5) is 0 Å². The third-order valence-corrected chi connectivity index (χ3v) is 4.46. The Labute approximate surface area is 162 Å². The molecular weight excluding hydrogens is 376 g/mol. The van der Waals surface area contributed by atoms with Crippen molar-refractivity contribution in [2.75, 3.05) is 18.6 Å². The van der Waals surface area contributed by atoms with Gasteiger partial charge in [0.1, 0.15) is 12.1 Å². The minimum Gasteiger partial charge on any atom is -0.481 e. The number of hydrogen-bond acceptors (Lipinski definition) is 7. The predicted octanol–water partition coefficient (Wildman–Crippen LogP) is -0.885. The lowest BCUT2D eigenvalue weighted by molar-refractivity contribution is -0.143. The summed E-state index contributed by atoms with van der Waals surface area (Å²) in [7, 11) is 0. The molecule has 0 saturated heterocycles. The molecule has 2 amide bonds. The van der Waals surface area contributed by atoms with E-state index in [1.807, 2.05) is 6.26 Å². The molecule has 0 saturated carbocycles. The highest BCUT2D eigenvalue weighted by Crippen LogP contribution is 2.05. The lowest BCUT2D eigenvalue weighted by Gasteiger charge is -2.22. The Morgan fingerprint density at radius 3 is 2.11 bits per heavy atom. The molecule has 3 atom stereocenters. The lowest BCUT2D eigenvalue weighted by Crippen LogP contribution is -2.54. The first kappa shape index (κ1) is 25.1. The van der Waals surface area contributed by atoms with Gasteiger partial charge in [-0.2, -0.15) is 11.8 Å². The van der Waals surface area contributed by atoms with E-state index in [0.29, 0.717) is 31.6 Å². The lowest BCUT2D eigenvalue weighted by atomic mass is 10.1. The average Bonchev–Trinajstić information content (AvgIpc) is 2.61. The van der Waals surface area contributed by atoms with Gasteiger partial charge in [-0.25, -0.2) is 4.79 Å². The van der Waals surface area contributed by atoms with Gasteiger partial charge in [0, 0.05) is 6.42 Å². The molecule has 0 aliphatic rings. The maximum atomic E-state index is 12.4. The SMILES string of the molecule is CSCCC(NC(=O)C(CCC(=O)O)NC(=O)C(N)CCCCN)C(=O)O. The summed E-state index contributed by atoms with van der Waals surface area (Å²) in [5, 5.41) is 22.8. The van der Waals surface area contributed by atoms with Crippen molar-refractivity contribution in [2.24, 2.45) is 11.5 Å². The first-order chi connectivity index (χ1) is 12.7. The van der Waals surface area contributed by atoms with Crippen LogP contribution >= 0.6 is 11.8 Å². The van der Waals surface area contributed by atoms with E-state index in [4.69, 9.17) is 16.6 Å². The van der Waals surface area contributed by atoms with Crippen LogP contribution in [0.2, 0.25) is 0 Å². The molecule has 0 fully saturated rings. The number of hydrogen-bond donors (Lipinski definition) is 6. The van der Waals surface area contributed by atoms with Crippen LogP contribution < -0.4 is 22.1 Å². The highest BCUT2D eigenvalue weighted by atomic mass is 32.2. The molecule has 0 aromatic rings. The molecule has 156 valence electrons. The first-order valence-corrected chi connectivity index (χ1v) is 10.1. The summed E-state index contributed by atoms with van der Waals surface area (Å²) in [6.07, 6.45) is 3.22. The van der Waals surface area contributed by atoms with Crippen LogP contribution in [-0.4, -0.2) is 70.6 Å². The molecule has 0 radical (unpaired) electrons. The average molecular weight is 407 g/mol. The van der Waals surface area contributed by atoms with Crippen molar-refractivity contribution < 1.29 is 29.4 Å². The zero-order valence-corrected chi connectivity index (χ0v) is 16.3. The molecular formula is C16H30N4O6S. The van der Waals surface area contributed by atoms with Gasteiger partial charge in [0.25, 0.3) is 0 Å². The number of carbonyl (C=O) groups is 4. The number of nitrogens with two attached hydrogens (primary N) is 2. The molecule has 0 aromatic carbocycles. The third kappa shape index (κ3) is 11.5.